The number of carbonyl (C=O) groups excluding carboxylic acids is 6. The Morgan fingerprint density at radius 3 is 1.37 bits per heavy atom. The highest BCUT2D eigenvalue weighted by Crippen LogP contribution is 2.12. The fraction of sp³-hybridized carbons (Fsp3) is 0.512. The van der Waals surface area contributed by atoms with Crippen molar-refractivity contribution in [2.45, 2.75) is 136 Å². The molecule has 0 bridgehead atoms. The van der Waals surface area contributed by atoms with Gasteiger partial charge in [0.2, 0.25) is 0 Å². The first-order valence-corrected chi connectivity index (χ1v) is 19.4. The molecule has 0 aliphatic carbocycles. The molecule has 0 aromatic heterocycles. The van der Waals surface area contributed by atoms with Crippen molar-refractivity contribution in [1.29, 1.82) is 0 Å². The summed E-state index contributed by atoms with van der Waals surface area (Å²) in [5.41, 5.74) is -0.360. The number of benzene rings is 2. The molecular formula is C43H61N3O17. The quantitative estimate of drug-likeness (QED) is 0.0905. The molecule has 0 unspecified atom stereocenters. The Labute approximate surface area is 366 Å². The first kappa shape index (κ1) is 56.3. The van der Waals surface area contributed by atoms with Crippen molar-refractivity contribution in [3.8, 4) is 0 Å². The van der Waals surface area contributed by atoms with E-state index < -0.39 is 89.5 Å². The third-order valence-electron chi connectivity index (χ3n) is 7.18. The summed E-state index contributed by atoms with van der Waals surface area (Å²) in [4.78, 5) is 102. The van der Waals surface area contributed by atoms with Crippen LogP contribution in [0, 0.1) is 0 Å². The normalized spacial score (nSPS) is 12.3. The van der Waals surface area contributed by atoms with Crippen molar-refractivity contribution < 1.29 is 82.2 Å². The van der Waals surface area contributed by atoms with Gasteiger partial charge >= 0.3 is 48.1 Å². The maximum Gasteiger partial charge on any atom is 0.408 e. The van der Waals surface area contributed by atoms with E-state index in [1.165, 1.54) is 26.2 Å². The molecule has 0 saturated carbocycles. The molecule has 63 heavy (non-hydrogen) atoms. The van der Waals surface area contributed by atoms with Gasteiger partial charge in [0.05, 0.1) is 19.1 Å². The summed E-state index contributed by atoms with van der Waals surface area (Å²) in [6, 6.07) is 11.6. The van der Waals surface area contributed by atoms with Crippen molar-refractivity contribution in [3.63, 3.8) is 0 Å². The molecular weight excluding hydrogens is 830 g/mol. The summed E-state index contributed by atoms with van der Waals surface area (Å²) in [5.74, 6) is -5.02. The second-order valence-electron chi connectivity index (χ2n) is 16.6. The predicted molar refractivity (Wildman–Crippen MR) is 225 cm³/mol. The highest BCUT2D eigenvalue weighted by molar-refractivity contribution is 5.89. The van der Waals surface area contributed by atoms with E-state index in [4.69, 9.17) is 29.2 Å². The third-order valence-corrected chi connectivity index (χ3v) is 7.18. The van der Waals surface area contributed by atoms with Crippen LogP contribution in [0.2, 0.25) is 0 Å². The average Bonchev–Trinajstić information content (AvgIpc) is 3.13. The molecule has 0 aliphatic rings. The minimum Gasteiger partial charge on any atom is -0.480 e. The van der Waals surface area contributed by atoms with Crippen LogP contribution in [0.1, 0.15) is 110 Å². The first-order valence-electron chi connectivity index (χ1n) is 19.4. The van der Waals surface area contributed by atoms with Crippen molar-refractivity contribution in [3.05, 3.63) is 71.3 Å². The number of ketones is 1. The zero-order valence-corrected chi connectivity index (χ0v) is 37.5. The van der Waals surface area contributed by atoms with Gasteiger partial charge in [-0.25, -0.2) is 33.6 Å². The first-order chi connectivity index (χ1) is 28.9. The van der Waals surface area contributed by atoms with Crippen LogP contribution in [0.3, 0.4) is 0 Å². The SMILES string of the molecule is CC(=O)CC[C@@H](NC(=O)OC(C)(C)C)C(=O)O.CC(C)(C)OC(=O)N[C@H](CC(=O)OCc1ccccc1)C(=O)O.COC(=O)c1ccc(C[C@@H](NC(=O)OC(C)(C)C)C(=O)O)cc1. The lowest BCUT2D eigenvalue weighted by molar-refractivity contribution is -0.150. The van der Waals surface area contributed by atoms with Gasteiger partial charge in [0, 0.05) is 12.8 Å². The minimum atomic E-state index is -1.41. The molecule has 20 nitrogen and oxygen atoms in total. The smallest absolute Gasteiger partial charge is 0.408 e. The van der Waals surface area contributed by atoms with E-state index in [2.05, 4.69) is 20.7 Å². The highest BCUT2D eigenvalue weighted by Gasteiger charge is 2.28. The number of methoxy groups -OCH3 is 1. The van der Waals surface area contributed by atoms with E-state index in [0.717, 1.165) is 5.56 Å². The molecule has 0 aliphatic heterocycles. The lowest BCUT2D eigenvalue weighted by Crippen LogP contribution is -2.44. The van der Waals surface area contributed by atoms with Gasteiger partial charge in [0.25, 0.3) is 0 Å². The fourth-order valence-electron chi connectivity index (χ4n) is 4.45. The van der Waals surface area contributed by atoms with E-state index >= 15 is 0 Å². The fourth-order valence-corrected chi connectivity index (χ4v) is 4.45. The van der Waals surface area contributed by atoms with Gasteiger partial charge in [-0.05, 0) is 98.9 Å². The van der Waals surface area contributed by atoms with Gasteiger partial charge < -0.3 is 59.7 Å². The molecule has 3 amide bonds. The number of esters is 2. The Kier molecular flexibility index (Phi) is 23.7. The Hall–Kier alpha value is -6.73. The zero-order valence-electron chi connectivity index (χ0n) is 37.5. The molecule has 350 valence electrons. The van der Waals surface area contributed by atoms with E-state index in [1.54, 1.807) is 98.7 Å². The van der Waals surface area contributed by atoms with Crippen molar-refractivity contribution in [2.24, 2.45) is 0 Å². The summed E-state index contributed by atoms with van der Waals surface area (Å²) >= 11 is 0. The topological polar surface area (TPSA) is 297 Å². The third kappa shape index (κ3) is 28.4. The standard InChI is InChI=1S/2C16H21NO6.C11H19NO5/c1-16(2,3)23-15(21)17-12(13(18)19)9-10-5-7-11(8-6-10)14(20)22-4;1-16(2,3)23-15(21)17-12(14(19)20)9-13(18)22-10-11-7-5-4-6-8-11;1-7(13)5-6-8(9(14)15)12-10(16)17-11(2,3)4/h5-8,12H,9H2,1-4H3,(H,17,21)(H,18,19);4-8,12H,9-10H2,1-3H3,(H,17,21)(H,19,20);8H,5-6H2,1-4H3,(H,12,16)(H,14,15)/t2*12-;8-/m111/s1. The molecule has 3 atom stereocenters. The molecule has 0 saturated heterocycles. The molecule has 0 heterocycles. The minimum absolute atomic E-state index is 0.0401. The highest BCUT2D eigenvalue weighted by atomic mass is 16.6. The van der Waals surface area contributed by atoms with E-state index in [-0.39, 0.29) is 31.7 Å². The number of alkyl carbamates (subject to hydrolysis) is 3. The number of carbonyl (C=O) groups is 9. The van der Waals surface area contributed by atoms with Gasteiger partial charge in [0.1, 0.15) is 47.3 Å². The van der Waals surface area contributed by atoms with Crippen LogP contribution in [0.5, 0.6) is 0 Å². The number of ether oxygens (including phenoxy) is 5. The Morgan fingerprint density at radius 1 is 0.571 bits per heavy atom. The molecule has 0 fully saturated rings. The average molecular weight is 892 g/mol. The number of nitrogens with one attached hydrogen (secondary N) is 3. The number of Topliss-reactive ketones (excluding diaryl/α,β-unsaturated/α-hetero) is 1. The monoisotopic (exact) mass is 891 g/mol. The van der Waals surface area contributed by atoms with E-state index in [1.807, 2.05) is 6.07 Å². The molecule has 2 rings (SSSR count). The number of carboxylic acid groups (broad SMARTS) is 3. The molecule has 0 radical (unpaired) electrons. The van der Waals surface area contributed by atoms with Crippen LogP contribution in [0.15, 0.2) is 54.6 Å². The van der Waals surface area contributed by atoms with Gasteiger partial charge in [-0.3, -0.25) is 4.79 Å². The van der Waals surface area contributed by atoms with Crippen LogP contribution >= 0.6 is 0 Å². The number of amides is 3. The van der Waals surface area contributed by atoms with Gasteiger partial charge in [-0.15, -0.1) is 0 Å². The number of hydrogen-bond donors (Lipinski definition) is 6. The van der Waals surface area contributed by atoms with Gasteiger partial charge in [-0.1, -0.05) is 42.5 Å². The van der Waals surface area contributed by atoms with Crippen LogP contribution in [-0.2, 0) is 60.7 Å². The van der Waals surface area contributed by atoms with Crippen LogP contribution in [0.4, 0.5) is 14.4 Å². The molecule has 0 spiro atoms. The van der Waals surface area contributed by atoms with Crippen molar-refractivity contribution in [1.82, 2.24) is 16.0 Å². The van der Waals surface area contributed by atoms with E-state index in [0.29, 0.717) is 11.1 Å². The summed E-state index contributed by atoms with van der Waals surface area (Å²) in [6.45, 7) is 16.5. The number of hydrogen-bond acceptors (Lipinski definition) is 14. The second kappa shape index (κ2) is 26.6. The lowest BCUT2D eigenvalue weighted by Gasteiger charge is -2.22. The van der Waals surface area contributed by atoms with Crippen LogP contribution in [-0.4, -0.2) is 111 Å². The summed E-state index contributed by atoms with van der Waals surface area (Å²) in [6.07, 6.45) is -2.75. The number of carboxylic acids is 3. The maximum absolute atomic E-state index is 11.7. The summed E-state index contributed by atoms with van der Waals surface area (Å²) in [5, 5.41) is 33.8. The Balaban J connectivity index is 0.000000929. The Morgan fingerprint density at radius 2 is 0.984 bits per heavy atom. The molecule has 2 aromatic carbocycles. The predicted octanol–water partition coefficient (Wildman–Crippen LogP) is 5.42. The van der Waals surface area contributed by atoms with Crippen molar-refractivity contribution >= 4 is 53.9 Å². The number of aliphatic carboxylic acids is 3. The zero-order chi connectivity index (χ0) is 48.7. The lowest BCUT2D eigenvalue weighted by atomic mass is 10.0. The van der Waals surface area contributed by atoms with Crippen LogP contribution < -0.4 is 16.0 Å². The summed E-state index contributed by atoms with van der Waals surface area (Å²) < 4.78 is 24.5. The maximum atomic E-state index is 11.7. The second-order valence-corrected chi connectivity index (χ2v) is 16.6. The largest absolute Gasteiger partial charge is 0.480 e. The number of rotatable bonds is 16. The molecule has 2 aromatic rings. The molecule has 6 N–H and O–H groups in total. The van der Waals surface area contributed by atoms with Crippen molar-refractivity contribution in [2.75, 3.05) is 7.11 Å². The summed E-state index contributed by atoms with van der Waals surface area (Å²) in [7, 11) is 1.28. The van der Waals surface area contributed by atoms with Gasteiger partial charge in [-0.2, -0.15) is 0 Å². The Bertz CT molecular complexity index is 1840. The van der Waals surface area contributed by atoms with E-state index in [9.17, 15) is 48.3 Å². The molecule has 20 heteroatoms. The van der Waals surface area contributed by atoms with Gasteiger partial charge in [0.15, 0.2) is 0 Å². The van der Waals surface area contributed by atoms with Crippen LogP contribution in [0.25, 0.3) is 0 Å².